The summed E-state index contributed by atoms with van der Waals surface area (Å²) in [6, 6.07) is 3.55. The number of nitrogens with one attached hydrogen (secondary N) is 1. The van der Waals surface area contributed by atoms with Gasteiger partial charge in [-0.1, -0.05) is 18.5 Å². The summed E-state index contributed by atoms with van der Waals surface area (Å²) in [6.45, 7) is 3.17. The monoisotopic (exact) mass is 295 g/mol. The van der Waals surface area contributed by atoms with Crippen molar-refractivity contribution in [1.82, 2.24) is 14.8 Å². The minimum absolute atomic E-state index is 0.0543. The molecule has 0 saturated heterocycles. The second kappa shape index (κ2) is 6.33. The van der Waals surface area contributed by atoms with E-state index in [1.807, 2.05) is 0 Å². The summed E-state index contributed by atoms with van der Waals surface area (Å²) in [6.07, 6.45) is 3.54. The third-order valence-electron chi connectivity index (χ3n) is 2.62. The number of hydrogen-bond donors (Lipinski definition) is 1. The molecule has 8 heteroatoms. The average molecular weight is 296 g/mol. The Balaban J connectivity index is 2.16. The second-order valence-corrected chi connectivity index (χ2v) is 4.61. The minimum atomic E-state index is -0.488. The minimum Gasteiger partial charge on any atom is -0.370 e. The zero-order valence-electron chi connectivity index (χ0n) is 10.9. The Hall–Kier alpha value is -2.15. The Bertz CT molecular complexity index is 614. The van der Waals surface area contributed by atoms with Crippen LogP contribution in [-0.4, -0.2) is 26.2 Å². The predicted molar refractivity (Wildman–Crippen MR) is 76.0 cm³/mol. The first kappa shape index (κ1) is 14.3. The standard InChI is InChI=1S/C12H14ClN5O2/c1-2-5-14-12-4-3-10(13)11(16-12)8-17-7-9(6-15-17)18(19)20/h3-4,6-7H,2,5,8H2,1H3,(H,14,16). The SMILES string of the molecule is CCCNc1ccc(Cl)c(Cn2cc([N+](=O)[O-])cn2)n1. The summed E-state index contributed by atoms with van der Waals surface area (Å²) in [5, 5.41) is 18.2. The number of anilines is 1. The van der Waals surface area contributed by atoms with Crippen LogP contribution in [0.1, 0.15) is 19.0 Å². The molecule has 0 atom stereocenters. The van der Waals surface area contributed by atoms with E-state index in [1.54, 1.807) is 12.1 Å². The van der Waals surface area contributed by atoms with Gasteiger partial charge in [0.2, 0.25) is 0 Å². The molecule has 0 spiro atoms. The maximum Gasteiger partial charge on any atom is 0.307 e. The van der Waals surface area contributed by atoms with Crippen LogP contribution in [-0.2, 0) is 6.54 Å². The van der Waals surface area contributed by atoms with E-state index >= 15 is 0 Å². The maximum absolute atomic E-state index is 10.6. The van der Waals surface area contributed by atoms with Crippen LogP contribution < -0.4 is 5.32 Å². The van der Waals surface area contributed by atoms with Gasteiger partial charge in [-0.3, -0.25) is 14.8 Å². The fraction of sp³-hybridized carbons (Fsp3) is 0.333. The lowest BCUT2D eigenvalue weighted by Gasteiger charge is -2.08. The molecule has 0 fully saturated rings. The van der Waals surface area contributed by atoms with Crippen LogP contribution in [0.2, 0.25) is 5.02 Å². The van der Waals surface area contributed by atoms with Crippen LogP contribution in [0.3, 0.4) is 0 Å². The predicted octanol–water partition coefficient (Wildman–Crippen LogP) is 2.71. The van der Waals surface area contributed by atoms with Crippen molar-refractivity contribution in [2.75, 3.05) is 11.9 Å². The van der Waals surface area contributed by atoms with E-state index < -0.39 is 4.92 Å². The Morgan fingerprint density at radius 2 is 2.30 bits per heavy atom. The highest BCUT2D eigenvalue weighted by Crippen LogP contribution is 2.18. The van der Waals surface area contributed by atoms with Gasteiger partial charge in [0.05, 0.1) is 22.2 Å². The molecule has 0 amide bonds. The number of nitrogens with zero attached hydrogens (tertiary/aromatic N) is 4. The molecule has 1 N–H and O–H groups in total. The molecule has 2 heterocycles. The van der Waals surface area contributed by atoms with E-state index in [2.05, 4.69) is 22.3 Å². The van der Waals surface area contributed by atoms with E-state index in [0.717, 1.165) is 18.8 Å². The van der Waals surface area contributed by atoms with Gasteiger partial charge in [0.15, 0.2) is 0 Å². The Labute approximate surface area is 120 Å². The lowest BCUT2D eigenvalue weighted by atomic mass is 10.3. The molecule has 20 heavy (non-hydrogen) atoms. The summed E-state index contributed by atoms with van der Waals surface area (Å²) in [5.74, 6) is 0.730. The maximum atomic E-state index is 10.6. The lowest BCUT2D eigenvalue weighted by Crippen LogP contribution is -2.07. The van der Waals surface area contributed by atoms with Crippen molar-refractivity contribution in [3.8, 4) is 0 Å². The van der Waals surface area contributed by atoms with Crippen molar-refractivity contribution in [1.29, 1.82) is 0 Å². The van der Waals surface area contributed by atoms with Gasteiger partial charge >= 0.3 is 5.69 Å². The number of aromatic nitrogens is 3. The van der Waals surface area contributed by atoms with Crippen LogP contribution in [0.15, 0.2) is 24.5 Å². The van der Waals surface area contributed by atoms with Crippen LogP contribution in [0.5, 0.6) is 0 Å². The summed E-state index contributed by atoms with van der Waals surface area (Å²) < 4.78 is 1.44. The first-order valence-electron chi connectivity index (χ1n) is 6.16. The van der Waals surface area contributed by atoms with Gasteiger partial charge < -0.3 is 5.32 Å². The number of pyridine rings is 1. The third kappa shape index (κ3) is 3.45. The largest absolute Gasteiger partial charge is 0.370 e. The lowest BCUT2D eigenvalue weighted by molar-refractivity contribution is -0.385. The average Bonchev–Trinajstić information content (AvgIpc) is 2.88. The van der Waals surface area contributed by atoms with Crippen LogP contribution in [0, 0.1) is 10.1 Å². The molecular weight excluding hydrogens is 282 g/mol. The number of nitro groups is 1. The van der Waals surface area contributed by atoms with Gasteiger partial charge in [-0.05, 0) is 18.6 Å². The highest BCUT2D eigenvalue weighted by Gasteiger charge is 2.11. The molecule has 0 radical (unpaired) electrons. The molecule has 0 aliphatic rings. The van der Waals surface area contributed by atoms with E-state index in [9.17, 15) is 10.1 Å². The van der Waals surface area contributed by atoms with Gasteiger partial charge in [-0.2, -0.15) is 5.10 Å². The first-order valence-corrected chi connectivity index (χ1v) is 6.54. The normalized spacial score (nSPS) is 10.5. The van der Waals surface area contributed by atoms with E-state index in [-0.39, 0.29) is 12.2 Å². The van der Waals surface area contributed by atoms with Crippen LogP contribution in [0.25, 0.3) is 0 Å². The molecule has 0 aliphatic heterocycles. The highest BCUT2D eigenvalue weighted by atomic mass is 35.5. The fourth-order valence-corrected chi connectivity index (χ4v) is 1.80. The first-order chi connectivity index (χ1) is 9.60. The van der Waals surface area contributed by atoms with E-state index in [0.29, 0.717) is 10.7 Å². The Kier molecular flexibility index (Phi) is 4.52. The fourth-order valence-electron chi connectivity index (χ4n) is 1.63. The zero-order valence-corrected chi connectivity index (χ0v) is 11.7. The third-order valence-corrected chi connectivity index (χ3v) is 2.96. The summed E-state index contributed by atoms with van der Waals surface area (Å²) in [7, 11) is 0. The number of rotatable bonds is 6. The number of hydrogen-bond acceptors (Lipinski definition) is 5. The Morgan fingerprint density at radius 3 is 2.95 bits per heavy atom. The topological polar surface area (TPSA) is 85.9 Å². The van der Waals surface area contributed by atoms with Gasteiger partial charge in [-0.25, -0.2) is 4.98 Å². The van der Waals surface area contributed by atoms with Crippen molar-refractivity contribution in [2.24, 2.45) is 0 Å². The van der Waals surface area contributed by atoms with Gasteiger partial charge in [0.25, 0.3) is 0 Å². The van der Waals surface area contributed by atoms with E-state index in [4.69, 9.17) is 11.6 Å². The van der Waals surface area contributed by atoms with Crippen molar-refractivity contribution in [2.45, 2.75) is 19.9 Å². The number of halogens is 1. The molecule has 0 aromatic carbocycles. The molecule has 0 aliphatic carbocycles. The molecule has 7 nitrogen and oxygen atoms in total. The summed E-state index contributed by atoms with van der Waals surface area (Å²) in [4.78, 5) is 14.5. The van der Waals surface area contributed by atoms with E-state index in [1.165, 1.54) is 17.1 Å². The molecular formula is C12H14ClN5O2. The van der Waals surface area contributed by atoms with Gasteiger partial charge in [0, 0.05) is 6.54 Å². The second-order valence-electron chi connectivity index (χ2n) is 4.21. The van der Waals surface area contributed by atoms with Crippen molar-refractivity contribution < 1.29 is 4.92 Å². The summed E-state index contributed by atoms with van der Waals surface area (Å²) >= 11 is 6.08. The van der Waals surface area contributed by atoms with Gasteiger partial charge in [-0.15, -0.1) is 0 Å². The van der Waals surface area contributed by atoms with Crippen LogP contribution >= 0.6 is 11.6 Å². The van der Waals surface area contributed by atoms with Crippen molar-refractivity contribution in [3.05, 3.63) is 45.4 Å². The smallest absolute Gasteiger partial charge is 0.307 e. The highest BCUT2D eigenvalue weighted by molar-refractivity contribution is 6.31. The van der Waals surface area contributed by atoms with Crippen molar-refractivity contribution >= 4 is 23.1 Å². The quantitative estimate of drug-likeness (QED) is 0.654. The molecule has 106 valence electrons. The zero-order chi connectivity index (χ0) is 14.5. The molecule has 2 aromatic rings. The van der Waals surface area contributed by atoms with Crippen LogP contribution in [0.4, 0.5) is 11.5 Å². The Morgan fingerprint density at radius 1 is 1.50 bits per heavy atom. The molecule has 0 bridgehead atoms. The van der Waals surface area contributed by atoms with Gasteiger partial charge in [0.1, 0.15) is 18.2 Å². The molecule has 2 rings (SSSR count). The molecule has 0 unspecified atom stereocenters. The molecule has 0 saturated carbocycles. The van der Waals surface area contributed by atoms with Crippen molar-refractivity contribution in [3.63, 3.8) is 0 Å². The summed E-state index contributed by atoms with van der Waals surface area (Å²) in [5.41, 5.74) is 0.562. The molecule has 2 aromatic heterocycles.